The van der Waals surface area contributed by atoms with Crippen LogP contribution < -0.4 is 15.5 Å². The topological polar surface area (TPSA) is 44.4 Å². The van der Waals surface area contributed by atoms with E-state index in [0.717, 1.165) is 13.0 Å². The van der Waals surface area contributed by atoms with E-state index in [0.29, 0.717) is 0 Å². The second-order valence-corrected chi connectivity index (χ2v) is 4.05. The van der Waals surface area contributed by atoms with Crippen LogP contribution in [0, 0.1) is 0 Å². The molecule has 1 unspecified atom stereocenters. The van der Waals surface area contributed by atoms with Crippen molar-refractivity contribution in [3.8, 4) is 0 Å². The first-order chi connectivity index (χ1) is 7.72. The highest BCUT2D eigenvalue weighted by molar-refractivity contribution is 5.74. The molecule has 0 radical (unpaired) electrons. The minimum atomic E-state index is -0.121. The summed E-state index contributed by atoms with van der Waals surface area (Å²) >= 11 is 0. The van der Waals surface area contributed by atoms with E-state index in [9.17, 15) is 4.79 Å². The summed E-state index contributed by atoms with van der Waals surface area (Å²) in [7, 11) is 3.71. The van der Waals surface area contributed by atoms with Gasteiger partial charge in [-0.3, -0.25) is 0 Å². The molecular formula is C12H17N3O. The van der Waals surface area contributed by atoms with Gasteiger partial charge in [-0.1, -0.05) is 18.2 Å². The molecule has 0 bridgehead atoms. The van der Waals surface area contributed by atoms with Gasteiger partial charge < -0.3 is 15.5 Å². The lowest BCUT2D eigenvalue weighted by molar-refractivity contribution is 0.238. The Hall–Kier alpha value is -1.71. The third-order valence-electron chi connectivity index (χ3n) is 3.01. The van der Waals surface area contributed by atoms with Crippen LogP contribution in [0.3, 0.4) is 0 Å². The lowest BCUT2D eigenvalue weighted by Gasteiger charge is -2.33. The molecule has 1 aromatic carbocycles. The van der Waals surface area contributed by atoms with Gasteiger partial charge in [-0.25, -0.2) is 4.79 Å². The zero-order chi connectivity index (χ0) is 11.5. The maximum absolute atomic E-state index is 11.3. The predicted molar refractivity (Wildman–Crippen MR) is 64.7 cm³/mol. The molecule has 0 spiro atoms. The zero-order valence-electron chi connectivity index (χ0n) is 9.66. The molecule has 0 saturated heterocycles. The van der Waals surface area contributed by atoms with Crippen LogP contribution >= 0.6 is 0 Å². The molecule has 16 heavy (non-hydrogen) atoms. The first-order valence-electron chi connectivity index (χ1n) is 5.50. The largest absolute Gasteiger partial charge is 0.374 e. The van der Waals surface area contributed by atoms with Crippen molar-refractivity contribution in [3.05, 3.63) is 29.8 Å². The number of rotatable bonds is 1. The molecule has 1 aliphatic heterocycles. The monoisotopic (exact) mass is 219 g/mol. The zero-order valence-corrected chi connectivity index (χ0v) is 9.66. The van der Waals surface area contributed by atoms with E-state index in [2.05, 4.69) is 34.7 Å². The highest BCUT2D eigenvalue weighted by atomic mass is 16.2. The Morgan fingerprint density at radius 2 is 2.19 bits per heavy atom. The number of para-hydroxylation sites is 1. The Kier molecular flexibility index (Phi) is 2.99. The number of fused-ring (bicyclic) bond motifs is 1. The molecule has 0 aliphatic carbocycles. The standard InChI is InChI=1S/C12H17N3O/c1-13-12(16)14-10-7-8-15(2)11-6-4-3-5-9(10)11/h3-6,10H,7-8H2,1-2H3,(H2,13,14,16). The fraction of sp³-hybridized carbons (Fsp3) is 0.417. The van der Waals surface area contributed by atoms with Gasteiger partial charge in [0.1, 0.15) is 0 Å². The SMILES string of the molecule is CNC(=O)NC1CCN(C)c2ccccc21. The molecule has 1 heterocycles. The highest BCUT2D eigenvalue weighted by Gasteiger charge is 2.23. The van der Waals surface area contributed by atoms with Crippen LogP contribution in [0.5, 0.6) is 0 Å². The molecule has 1 aromatic rings. The summed E-state index contributed by atoms with van der Waals surface area (Å²) in [6.07, 6.45) is 0.945. The van der Waals surface area contributed by atoms with Crippen molar-refractivity contribution in [1.29, 1.82) is 0 Å². The molecule has 4 heteroatoms. The minimum absolute atomic E-state index is 0.118. The molecule has 0 fully saturated rings. The number of nitrogens with zero attached hydrogens (tertiary/aromatic N) is 1. The van der Waals surface area contributed by atoms with E-state index < -0.39 is 0 Å². The molecule has 2 N–H and O–H groups in total. The summed E-state index contributed by atoms with van der Waals surface area (Å²) < 4.78 is 0. The summed E-state index contributed by atoms with van der Waals surface area (Å²) in [5.74, 6) is 0. The normalized spacial score (nSPS) is 18.9. The van der Waals surface area contributed by atoms with Gasteiger partial charge in [0.25, 0.3) is 0 Å². The third kappa shape index (κ3) is 1.96. The fourth-order valence-electron chi connectivity index (χ4n) is 2.11. The number of benzene rings is 1. The Bertz CT molecular complexity index is 392. The molecular weight excluding hydrogens is 202 g/mol. The van der Waals surface area contributed by atoms with E-state index in [1.165, 1.54) is 11.3 Å². The van der Waals surface area contributed by atoms with E-state index in [-0.39, 0.29) is 12.1 Å². The summed E-state index contributed by atoms with van der Waals surface area (Å²) in [6.45, 7) is 0.964. The van der Waals surface area contributed by atoms with Crippen molar-refractivity contribution < 1.29 is 4.79 Å². The summed E-state index contributed by atoms with van der Waals surface area (Å²) in [5.41, 5.74) is 2.40. The molecule has 2 amide bonds. The molecule has 2 rings (SSSR count). The Balaban J connectivity index is 2.24. The van der Waals surface area contributed by atoms with Crippen molar-refractivity contribution in [1.82, 2.24) is 10.6 Å². The van der Waals surface area contributed by atoms with Gasteiger partial charge in [0.2, 0.25) is 0 Å². The van der Waals surface area contributed by atoms with Crippen LogP contribution in [-0.4, -0.2) is 26.7 Å². The quantitative estimate of drug-likeness (QED) is 0.751. The van der Waals surface area contributed by atoms with Crippen LogP contribution in [0.4, 0.5) is 10.5 Å². The van der Waals surface area contributed by atoms with Gasteiger partial charge in [0.15, 0.2) is 0 Å². The predicted octanol–water partition coefficient (Wildman–Crippen LogP) is 1.50. The molecule has 0 aromatic heterocycles. The molecule has 86 valence electrons. The first kappa shape index (κ1) is 10.8. The Labute approximate surface area is 95.6 Å². The first-order valence-corrected chi connectivity index (χ1v) is 5.50. The van der Waals surface area contributed by atoms with Crippen molar-refractivity contribution in [2.45, 2.75) is 12.5 Å². The number of carbonyl (C=O) groups is 1. The summed E-state index contributed by atoms with van der Waals surface area (Å²) in [6, 6.07) is 8.20. The highest BCUT2D eigenvalue weighted by Crippen LogP contribution is 2.32. The molecule has 4 nitrogen and oxygen atoms in total. The van der Waals surface area contributed by atoms with Crippen LogP contribution in [-0.2, 0) is 0 Å². The smallest absolute Gasteiger partial charge is 0.315 e. The van der Waals surface area contributed by atoms with E-state index in [1.54, 1.807) is 7.05 Å². The minimum Gasteiger partial charge on any atom is -0.374 e. The van der Waals surface area contributed by atoms with Gasteiger partial charge in [-0.2, -0.15) is 0 Å². The maximum Gasteiger partial charge on any atom is 0.315 e. The average Bonchev–Trinajstić information content (AvgIpc) is 2.33. The number of anilines is 1. The third-order valence-corrected chi connectivity index (χ3v) is 3.01. The van der Waals surface area contributed by atoms with Gasteiger partial charge >= 0.3 is 6.03 Å². The second kappa shape index (κ2) is 4.43. The van der Waals surface area contributed by atoms with Gasteiger partial charge in [-0.05, 0) is 18.1 Å². The Morgan fingerprint density at radius 3 is 2.94 bits per heavy atom. The number of urea groups is 1. The molecule has 0 saturated carbocycles. The van der Waals surface area contributed by atoms with E-state index >= 15 is 0 Å². The number of nitrogens with one attached hydrogen (secondary N) is 2. The van der Waals surface area contributed by atoms with Gasteiger partial charge in [0, 0.05) is 26.3 Å². The second-order valence-electron chi connectivity index (χ2n) is 4.05. The molecule has 1 aliphatic rings. The van der Waals surface area contributed by atoms with Gasteiger partial charge in [0.05, 0.1) is 6.04 Å². The molecule has 1 atom stereocenters. The average molecular weight is 219 g/mol. The van der Waals surface area contributed by atoms with Crippen molar-refractivity contribution in [3.63, 3.8) is 0 Å². The van der Waals surface area contributed by atoms with Crippen molar-refractivity contribution in [2.24, 2.45) is 0 Å². The number of hydrogen-bond acceptors (Lipinski definition) is 2. The fourth-order valence-corrected chi connectivity index (χ4v) is 2.11. The van der Waals surface area contributed by atoms with Gasteiger partial charge in [-0.15, -0.1) is 0 Å². The van der Waals surface area contributed by atoms with Crippen molar-refractivity contribution >= 4 is 11.7 Å². The lowest BCUT2D eigenvalue weighted by atomic mass is 9.97. The summed E-state index contributed by atoms with van der Waals surface area (Å²) in [4.78, 5) is 13.6. The van der Waals surface area contributed by atoms with Crippen LogP contribution in [0.15, 0.2) is 24.3 Å². The Morgan fingerprint density at radius 1 is 1.44 bits per heavy atom. The lowest BCUT2D eigenvalue weighted by Crippen LogP contribution is -2.40. The van der Waals surface area contributed by atoms with Crippen molar-refractivity contribution in [2.75, 3.05) is 25.5 Å². The van der Waals surface area contributed by atoms with Crippen LogP contribution in [0.25, 0.3) is 0 Å². The van der Waals surface area contributed by atoms with E-state index in [1.807, 2.05) is 12.1 Å². The maximum atomic E-state index is 11.3. The number of hydrogen-bond donors (Lipinski definition) is 2. The van der Waals surface area contributed by atoms with Crippen LogP contribution in [0.1, 0.15) is 18.0 Å². The number of carbonyl (C=O) groups excluding carboxylic acids is 1. The van der Waals surface area contributed by atoms with E-state index in [4.69, 9.17) is 0 Å². The number of amides is 2. The summed E-state index contributed by atoms with van der Waals surface area (Å²) in [5, 5.41) is 5.56. The van der Waals surface area contributed by atoms with Crippen LogP contribution in [0.2, 0.25) is 0 Å².